The second-order valence-corrected chi connectivity index (χ2v) is 19.0. The van der Waals surface area contributed by atoms with Crippen LogP contribution in [0.1, 0.15) is 296 Å². The van der Waals surface area contributed by atoms with Crippen LogP contribution in [0.5, 0.6) is 0 Å². The lowest BCUT2D eigenvalue weighted by molar-refractivity contribution is -0.123. The number of amides is 1. The van der Waals surface area contributed by atoms with Gasteiger partial charge in [-0.2, -0.15) is 0 Å². The van der Waals surface area contributed by atoms with Gasteiger partial charge in [-0.15, -0.1) is 0 Å². The lowest BCUT2D eigenvalue weighted by atomic mass is 10.0. The number of hydrogen-bond donors (Lipinski definition) is 3. The van der Waals surface area contributed by atoms with Crippen LogP contribution in [0.15, 0.2) is 48.6 Å². The van der Waals surface area contributed by atoms with Crippen LogP contribution in [0.25, 0.3) is 0 Å². The van der Waals surface area contributed by atoms with Crippen molar-refractivity contribution in [3.05, 3.63) is 48.6 Å². The molecule has 0 aliphatic carbocycles. The largest absolute Gasteiger partial charge is 0.394 e. The van der Waals surface area contributed by atoms with E-state index in [2.05, 4.69) is 67.8 Å². The molecule has 0 saturated heterocycles. The Kier molecular flexibility index (Phi) is 52.3. The minimum absolute atomic E-state index is 0.0337. The molecule has 0 fully saturated rings. The van der Waals surface area contributed by atoms with Gasteiger partial charge < -0.3 is 15.5 Å². The Morgan fingerprint density at radius 1 is 0.403 bits per heavy atom. The summed E-state index contributed by atoms with van der Waals surface area (Å²) in [6.07, 6.45) is 73.8. The first-order valence-electron chi connectivity index (χ1n) is 27.8. The molecule has 0 bridgehead atoms. The van der Waals surface area contributed by atoms with Crippen molar-refractivity contribution in [3.8, 4) is 0 Å². The average molecular weight is 869 g/mol. The lowest BCUT2D eigenvalue weighted by Gasteiger charge is -2.22. The van der Waals surface area contributed by atoms with Gasteiger partial charge in [0.25, 0.3) is 0 Å². The topological polar surface area (TPSA) is 69.6 Å². The van der Waals surface area contributed by atoms with Crippen molar-refractivity contribution in [2.75, 3.05) is 6.61 Å². The van der Waals surface area contributed by atoms with Crippen molar-refractivity contribution in [2.24, 2.45) is 0 Å². The van der Waals surface area contributed by atoms with Crippen molar-refractivity contribution in [2.45, 2.75) is 309 Å². The van der Waals surface area contributed by atoms with Gasteiger partial charge in [-0.1, -0.05) is 287 Å². The fourth-order valence-electron chi connectivity index (χ4n) is 8.65. The van der Waals surface area contributed by atoms with Crippen molar-refractivity contribution >= 4 is 5.91 Å². The molecule has 62 heavy (non-hydrogen) atoms. The third-order valence-electron chi connectivity index (χ3n) is 12.9. The van der Waals surface area contributed by atoms with E-state index in [1.165, 1.54) is 218 Å². The van der Waals surface area contributed by atoms with E-state index in [4.69, 9.17) is 0 Å². The molecule has 4 heteroatoms. The van der Waals surface area contributed by atoms with E-state index in [0.717, 1.165) is 51.4 Å². The molecule has 0 aromatic rings. The van der Waals surface area contributed by atoms with Gasteiger partial charge in [0.1, 0.15) is 0 Å². The number of carbonyl (C=O) groups excluding carboxylic acids is 1. The summed E-state index contributed by atoms with van der Waals surface area (Å²) in [7, 11) is 0. The minimum Gasteiger partial charge on any atom is -0.394 e. The van der Waals surface area contributed by atoms with E-state index >= 15 is 0 Å². The van der Waals surface area contributed by atoms with Crippen LogP contribution in [0.3, 0.4) is 0 Å². The smallest absolute Gasteiger partial charge is 0.220 e. The standard InChI is InChI=1S/C58H109NO3/c1-3-5-7-9-11-13-15-17-19-21-23-25-27-28-29-30-32-33-35-37-39-41-43-45-47-49-51-53-57(61)56(55-60)59-58(62)54-52-50-48-46-44-42-40-38-36-34-31-26-24-22-20-18-16-14-12-10-8-6-4-2/h6,8,12,14,18,20,24,26,56-57,60-61H,3-5,7,9-11,13,15-17,19,21-23,25,27-55H2,1-2H3,(H,59,62)/b8-6-,14-12-,20-18-,26-24-. The van der Waals surface area contributed by atoms with E-state index in [-0.39, 0.29) is 12.5 Å². The van der Waals surface area contributed by atoms with Crippen LogP contribution in [-0.2, 0) is 4.79 Å². The molecule has 0 rings (SSSR count). The highest BCUT2D eigenvalue weighted by Gasteiger charge is 2.20. The fourth-order valence-corrected chi connectivity index (χ4v) is 8.65. The first kappa shape index (κ1) is 60.4. The Bertz CT molecular complexity index is 985. The highest BCUT2D eigenvalue weighted by Crippen LogP contribution is 2.18. The zero-order valence-corrected chi connectivity index (χ0v) is 41.9. The normalized spacial score (nSPS) is 13.2. The zero-order valence-electron chi connectivity index (χ0n) is 41.9. The summed E-state index contributed by atoms with van der Waals surface area (Å²) in [4.78, 5) is 12.5. The highest BCUT2D eigenvalue weighted by molar-refractivity contribution is 5.76. The van der Waals surface area contributed by atoms with Crippen LogP contribution >= 0.6 is 0 Å². The van der Waals surface area contributed by atoms with E-state index in [1.54, 1.807) is 0 Å². The summed E-state index contributed by atoms with van der Waals surface area (Å²) < 4.78 is 0. The Labute approximate surface area is 388 Å². The predicted molar refractivity (Wildman–Crippen MR) is 276 cm³/mol. The summed E-state index contributed by atoms with van der Waals surface area (Å²) >= 11 is 0. The van der Waals surface area contributed by atoms with Crippen LogP contribution in [-0.4, -0.2) is 34.9 Å². The van der Waals surface area contributed by atoms with E-state index in [9.17, 15) is 15.0 Å². The zero-order chi connectivity index (χ0) is 44.9. The van der Waals surface area contributed by atoms with Gasteiger partial charge >= 0.3 is 0 Å². The van der Waals surface area contributed by atoms with Crippen molar-refractivity contribution in [3.63, 3.8) is 0 Å². The number of allylic oxidation sites excluding steroid dienone is 8. The first-order valence-corrected chi connectivity index (χ1v) is 27.8. The summed E-state index contributed by atoms with van der Waals surface area (Å²) in [5, 5.41) is 23.3. The van der Waals surface area contributed by atoms with Gasteiger partial charge in [0.05, 0.1) is 18.8 Å². The van der Waals surface area contributed by atoms with Crippen molar-refractivity contribution in [1.82, 2.24) is 5.32 Å². The number of nitrogens with one attached hydrogen (secondary N) is 1. The number of aliphatic hydroxyl groups excluding tert-OH is 2. The van der Waals surface area contributed by atoms with Crippen LogP contribution in [0.4, 0.5) is 0 Å². The van der Waals surface area contributed by atoms with E-state index < -0.39 is 12.1 Å². The van der Waals surface area contributed by atoms with Crippen LogP contribution in [0.2, 0.25) is 0 Å². The molecular formula is C58H109NO3. The molecule has 0 aromatic heterocycles. The summed E-state index contributed by atoms with van der Waals surface area (Å²) in [6, 6.07) is -0.541. The van der Waals surface area contributed by atoms with Crippen molar-refractivity contribution in [1.29, 1.82) is 0 Å². The molecule has 364 valence electrons. The fraction of sp³-hybridized carbons (Fsp3) is 0.845. The molecular weight excluding hydrogens is 759 g/mol. The SMILES string of the molecule is CC/C=C\C/C=C\C/C=C\C/C=C\CCCCCCCCCCCCC(=O)NC(CO)C(O)CCCCCCCCCCCCCCCCCCCCCCCCCCCCC. The second-order valence-electron chi connectivity index (χ2n) is 19.0. The van der Waals surface area contributed by atoms with Gasteiger partial charge in [0, 0.05) is 6.42 Å². The van der Waals surface area contributed by atoms with E-state index in [0.29, 0.717) is 12.8 Å². The minimum atomic E-state index is -0.664. The van der Waals surface area contributed by atoms with Crippen molar-refractivity contribution < 1.29 is 15.0 Å². The Morgan fingerprint density at radius 3 is 1.06 bits per heavy atom. The maximum atomic E-state index is 12.5. The average Bonchev–Trinajstić information content (AvgIpc) is 3.28. The van der Waals surface area contributed by atoms with Gasteiger partial charge in [-0.3, -0.25) is 4.79 Å². The summed E-state index contributed by atoms with van der Waals surface area (Å²) in [5.41, 5.74) is 0. The Morgan fingerprint density at radius 2 is 0.710 bits per heavy atom. The molecule has 3 N–H and O–H groups in total. The molecule has 0 aliphatic rings. The monoisotopic (exact) mass is 868 g/mol. The summed E-state index contributed by atoms with van der Waals surface area (Å²) in [6.45, 7) is 4.27. The number of aliphatic hydroxyl groups is 2. The van der Waals surface area contributed by atoms with Gasteiger partial charge in [-0.25, -0.2) is 0 Å². The third-order valence-corrected chi connectivity index (χ3v) is 12.9. The Balaban J connectivity index is 3.46. The molecule has 1 amide bonds. The molecule has 0 aliphatic heterocycles. The first-order chi connectivity index (χ1) is 30.7. The Hall–Kier alpha value is -1.65. The molecule has 0 radical (unpaired) electrons. The molecule has 0 spiro atoms. The lowest BCUT2D eigenvalue weighted by Crippen LogP contribution is -2.45. The number of carbonyl (C=O) groups is 1. The molecule has 0 heterocycles. The highest BCUT2D eigenvalue weighted by atomic mass is 16.3. The summed E-state index contributed by atoms with van der Waals surface area (Å²) in [5.74, 6) is -0.0337. The van der Waals surface area contributed by atoms with Crippen LogP contribution < -0.4 is 5.32 Å². The van der Waals surface area contributed by atoms with Crippen LogP contribution in [0, 0.1) is 0 Å². The number of rotatable bonds is 51. The molecule has 0 saturated carbocycles. The van der Waals surface area contributed by atoms with Gasteiger partial charge in [0.15, 0.2) is 0 Å². The van der Waals surface area contributed by atoms with Gasteiger partial charge in [0.2, 0.25) is 5.91 Å². The molecule has 4 nitrogen and oxygen atoms in total. The van der Waals surface area contributed by atoms with E-state index in [1.807, 2.05) is 0 Å². The van der Waals surface area contributed by atoms with Gasteiger partial charge in [-0.05, 0) is 51.4 Å². The number of unbranched alkanes of at least 4 members (excludes halogenated alkanes) is 36. The quantitative estimate of drug-likeness (QED) is 0.0421. The molecule has 2 atom stereocenters. The number of hydrogen-bond acceptors (Lipinski definition) is 3. The molecule has 2 unspecified atom stereocenters. The third kappa shape index (κ3) is 49.4. The maximum absolute atomic E-state index is 12.5. The second kappa shape index (κ2) is 53.7. The molecule has 0 aromatic carbocycles. The maximum Gasteiger partial charge on any atom is 0.220 e. The predicted octanol–water partition coefficient (Wildman–Crippen LogP) is 18.3.